The second kappa shape index (κ2) is 14.7. The van der Waals surface area contributed by atoms with Crippen molar-refractivity contribution in [3.05, 3.63) is 24.3 Å². The highest BCUT2D eigenvalue weighted by Crippen LogP contribution is 2.15. The Labute approximate surface area is 146 Å². The molecule has 0 aliphatic rings. The Balaban J connectivity index is 4.08. The lowest BCUT2D eigenvalue weighted by molar-refractivity contribution is -0.149. The fourth-order valence-electron chi connectivity index (χ4n) is 2.44. The van der Waals surface area contributed by atoms with E-state index in [0.717, 1.165) is 31.4 Å². The SMILES string of the molecule is C=C(C)C(=O)C(CCCCCCCCCCC)OC(=O)C=CC#N. The van der Waals surface area contributed by atoms with Gasteiger partial charge in [-0.1, -0.05) is 64.9 Å². The average molecular weight is 333 g/mol. The maximum Gasteiger partial charge on any atom is 0.332 e. The molecule has 0 N–H and O–H groups in total. The number of rotatable bonds is 14. The van der Waals surface area contributed by atoms with E-state index in [4.69, 9.17) is 10.00 Å². The summed E-state index contributed by atoms with van der Waals surface area (Å²) < 4.78 is 5.16. The molecule has 0 aromatic carbocycles. The van der Waals surface area contributed by atoms with Crippen LogP contribution in [-0.4, -0.2) is 17.9 Å². The third-order valence-electron chi connectivity index (χ3n) is 3.84. The van der Waals surface area contributed by atoms with E-state index in [2.05, 4.69) is 13.5 Å². The van der Waals surface area contributed by atoms with Crippen molar-refractivity contribution in [2.75, 3.05) is 0 Å². The standard InChI is InChI=1S/C20H31NO3/c1-4-5-6-7-8-9-10-11-12-14-18(20(23)17(2)3)24-19(22)15-13-16-21/h13,15,18H,2,4-12,14H2,1,3H3. The summed E-state index contributed by atoms with van der Waals surface area (Å²) in [7, 11) is 0. The average Bonchev–Trinajstić information content (AvgIpc) is 2.56. The zero-order valence-electron chi connectivity index (χ0n) is 15.2. The monoisotopic (exact) mass is 333 g/mol. The Hall–Kier alpha value is -1.89. The highest BCUT2D eigenvalue weighted by atomic mass is 16.5. The van der Waals surface area contributed by atoms with Gasteiger partial charge in [-0.3, -0.25) is 4.79 Å². The summed E-state index contributed by atoms with van der Waals surface area (Å²) in [6.45, 7) is 7.46. The van der Waals surface area contributed by atoms with Gasteiger partial charge in [0, 0.05) is 12.2 Å². The largest absolute Gasteiger partial charge is 0.451 e. The zero-order valence-corrected chi connectivity index (χ0v) is 15.2. The van der Waals surface area contributed by atoms with Gasteiger partial charge in [0.05, 0.1) is 6.07 Å². The number of nitrogens with zero attached hydrogens (tertiary/aromatic N) is 1. The Morgan fingerprint density at radius 3 is 2.12 bits per heavy atom. The first-order chi connectivity index (χ1) is 11.5. The number of carbonyl (C=O) groups excluding carboxylic acids is 2. The molecule has 134 valence electrons. The second-order valence-corrected chi connectivity index (χ2v) is 6.15. The van der Waals surface area contributed by atoms with Crippen molar-refractivity contribution in [2.45, 2.75) is 84.2 Å². The molecule has 0 heterocycles. The van der Waals surface area contributed by atoms with Crippen molar-refractivity contribution in [1.29, 1.82) is 5.26 Å². The van der Waals surface area contributed by atoms with Crippen LogP contribution in [0.5, 0.6) is 0 Å². The Morgan fingerprint density at radius 1 is 1.08 bits per heavy atom. The highest BCUT2D eigenvalue weighted by molar-refractivity contribution is 5.99. The summed E-state index contributed by atoms with van der Waals surface area (Å²) >= 11 is 0. The van der Waals surface area contributed by atoms with Crippen molar-refractivity contribution < 1.29 is 14.3 Å². The lowest BCUT2D eigenvalue weighted by Gasteiger charge is -2.15. The van der Waals surface area contributed by atoms with E-state index in [1.54, 1.807) is 13.0 Å². The zero-order chi connectivity index (χ0) is 18.2. The Morgan fingerprint density at radius 2 is 1.62 bits per heavy atom. The van der Waals surface area contributed by atoms with Crippen molar-refractivity contribution in [2.24, 2.45) is 0 Å². The number of unbranched alkanes of at least 4 members (excludes halogenated alkanes) is 8. The van der Waals surface area contributed by atoms with Gasteiger partial charge in [-0.2, -0.15) is 5.26 Å². The number of ketones is 1. The van der Waals surface area contributed by atoms with Gasteiger partial charge in [0.2, 0.25) is 0 Å². The maximum absolute atomic E-state index is 12.1. The Bertz CT molecular complexity index is 460. The fraction of sp³-hybridized carbons (Fsp3) is 0.650. The molecule has 0 spiro atoms. The normalized spacial score (nSPS) is 11.9. The van der Waals surface area contributed by atoms with E-state index >= 15 is 0 Å². The molecule has 0 saturated heterocycles. The van der Waals surface area contributed by atoms with Crippen LogP contribution in [0.3, 0.4) is 0 Å². The van der Waals surface area contributed by atoms with Crippen LogP contribution < -0.4 is 0 Å². The van der Waals surface area contributed by atoms with Crippen LogP contribution in [0.4, 0.5) is 0 Å². The van der Waals surface area contributed by atoms with E-state index in [1.165, 1.54) is 38.5 Å². The summed E-state index contributed by atoms with van der Waals surface area (Å²) in [5.41, 5.74) is 0.382. The van der Waals surface area contributed by atoms with Gasteiger partial charge >= 0.3 is 5.97 Å². The van der Waals surface area contributed by atoms with Crippen molar-refractivity contribution >= 4 is 11.8 Å². The maximum atomic E-state index is 12.1. The predicted octanol–water partition coefficient (Wildman–Crippen LogP) is 5.04. The minimum atomic E-state index is -0.789. The molecule has 0 fully saturated rings. The first kappa shape index (κ1) is 22.1. The molecule has 0 saturated carbocycles. The molecule has 0 aliphatic heterocycles. The molecule has 4 heteroatoms. The van der Waals surface area contributed by atoms with E-state index in [-0.39, 0.29) is 5.78 Å². The summed E-state index contributed by atoms with van der Waals surface area (Å²) in [6, 6.07) is 1.72. The molecule has 0 radical (unpaired) electrons. The van der Waals surface area contributed by atoms with Crippen LogP contribution in [0.15, 0.2) is 24.3 Å². The first-order valence-corrected chi connectivity index (χ1v) is 8.99. The number of ether oxygens (including phenoxy) is 1. The third kappa shape index (κ3) is 11.6. The van der Waals surface area contributed by atoms with Crippen LogP contribution in [0.1, 0.15) is 78.1 Å². The molecule has 0 rings (SSSR count). The summed E-state index contributed by atoms with van der Waals surface area (Å²) in [5.74, 6) is -0.902. The van der Waals surface area contributed by atoms with Gasteiger partial charge in [0.25, 0.3) is 0 Å². The lowest BCUT2D eigenvalue weighted by atomic mass is 10.0. The van der Waals surface area contributed by atoms with Crippen molar-refractivity contribution in [1.82, 2.24) is 0 Å². The fourth-order valence-corrected chi connectivity index (χ4v) is 2.44. The summed E-state index contributed by atoms with van der Waals surface area (Å²) in [4.78, 5) is 23.6. The molecule has 0 aromatic heterocycles. The number of hydrogen-bond donors (Lipinski definition) is 0. The van der Waals surface area contributed by atoms with Crippen molar-refractivity contribution in [3.8, 4) is 6.07 Å². The lowest BCUT2D eigenvalue weighted by Crippen LogP contribution is -2.27. The van der Waals surface area contributed by atoms with Crippen LogP contribution in [-0.2, 0) is 14.3 Å². The molecule has 0 aliphatic carbocycles. The van der Waals surface area contributed by atoms with Gasteiger partial charge in [-0.05, 0) is 25.3 Å². The van der Waals surface area contributed by atoms with Gasteiger partial charge in [0.1, 0.15) is 0 Å². The van der Waals surface area contributed by atoms with E-state index in [9.17, 15) is 9.59 Å². The van der Waals surface area contributed by atoms with Gasteiger partial charge in [-0.15, -0.1) is 0 Å². The van der Waals surface area contributed by atoms with E-state index in [0.29, 0.717) is 12.0 Å². The van der Waals surface area contributed by atoms with Crippen LogP contribution in [0.2, 0.25) is 0 Å². The van der Waals surface area contributed by atoms with Gasteiger partial charge in [-0.25, -0.2) is 4.79 Å². The predicted molar refractivity (Wildman–Crippen MR) is 96.3 cm³/mol. The topological polar surface area (TPSA) is 67.2 Å². The quantitative estimate of drug-likeness (QED) is 0.193. The number of esters is 1. The number of hydrogen-bond acceptors (Lipinski definition) is 4. The number of Topliss-reactive ketones (excluding diaryl/α,β-unsaturated/α-hetero) is 1. The summed E-state index contributed by atoms with van der Waals surface area (Å²) in [5, 5.41) is 8.41. The van der Waals surface area contributed by atoms with Crippen LogP contribution >= 0.6 is 0 Å². The third-order valence-corrected chi connectivity index (χ3v) is 3.84. The van der Waals surface area contributed by atoms with E-state index in [1.807, 2.05) is 0 Å². The molecule has 0 bridgehead atoms. The van der Waals surface area contributed by atoms with Gasteiger partial charge in [0.15, 0.2) is 11.9 Å². The molecule has 1 atom stereocenters. The molecule has 24 heavy (non-hydrogen) atoms. The van der Waals surface area contributed by atoms with Crippen molar-refractivity contribution in [3.63, 3.8) is 0 Å². The van der Waals surface area contributed by atoms with Crippen LogP contribution in [0.25, 0.3) is 0 Å². The number of carbonyl (C=O) groups is 2. The smallest absolute Gasteiger partial charge is 0.332 e. The highest BCUT2D eigenvalue weighted by Gasteiger charge is 2.21. The molecule has 1 unspecified atom stereocenters. The Kier molecular flexibility index (Phi) is 13.5. The van der Waals surface area contributed by atoms with E-state index < -0.39 is 12.1 Å². The number of allylic oxidation sites excluding steroid dienone is 1. The number of nitriles is 1. The molecule has 4 nitrogen and oxygen atoms in total. The molecule has 0 aromatic rings. The first-order valence-electron chi connectivity index (χ1n) is 8.99. The second-order valence-electron chi connectivity index (χ2n) is 6.15. The van der Waals surface area contributed by atoms with Gasteiger partial charge < -0.3 is 4.74 Å². The minimum Gasteiger partial charge on any atom is -0.451 e. The molecule has 0 amide bonds. The molecular weight excluding hydrogens is 302 g/mol. The van der Waals surface area contributed by atoms with Crippen LogP contribution in [0, 0.1) is 11.3 Å². The summed E-state index contributed by atoms with van der Waals surface area (Å²) in [6.07, 6.45) is 12.5. The minimum absolute atomic E-state index is 0.242. The molecular formula is C20H31NO3.